The smallest absolute Gasteiger partial charge is 0.374 e. The quantitative estimate of drug-likeness (QED) is 0.572. The van der Waals surface area contributed by atoms with E-state index in [4.69, 9.17) is 0 Å². The summed E-state index contributed by atoms with van der Waals surface area (Å²) < 4.78 is 2.68. The fourth-order valence-electron chi connectivity index (χ4n) is 0.691. The summed E-state index contributed by atoms with van der Waals surface area (Å²) in [7, 11) is 0. The molecule has 0 aromatic carbocycles. The highest BCUT2D eigenvalue weighted by atomic mass is 79.9. The minimum absolute atomic E-state index is 0.0902. The third-order valence-corrected chi connectivity index (χ3v) is 2.90. The molecule has 0 aliphatic heterocycles. The first kappa shape index (κ1) is 8.06. The van der Waals surface area contributed by atoms with Crippen LogP contribution in [0.1, 0.15) is 5.56 Å². The van der Waals surface area contributed by atoms with E-state index >= 15 is 0 Å². The number of halogens is 1. The van der Waals surface area contributed by atoms with E-state index in [9.17, 15) is 4.79 Å². The van der Waals surface area contributed by atoms with Gasteiger partial charge in [0.05, 0.1) is 0 Å². The lowest BCUT2D eigenvalue weighted by molar-refractivity contribution is 1.10. The summed E-state index contributed by atoms with van der Waals surface area (Å²) in [5.41, 5.74) is 1.09. The van der Waals surface area contributed by atoms with Crippen LogP contribution >= 0.6 is 15.9 Å². The van der Waals surface area contributed by atoms with Gasteiger partial charge in [0.25, 0.3) is 0 Å². The SMILES string of the molecule is Cc1cc(=O)[n]([AlH2])cc1Br. The van der Waals surface area contributed by atoms with E-state index in [1.807, 2.05) is 13.1 Å². The summed E-state index contributed by atoms with van der Waals surface area (Å²) in [5, 5.41) is 0. The maximum absolute atomic E-state index is 11.0. The molecule has 0 radical (unpaired) electrons. The van der Waals surface area contributed by atoms with Gasteiger partial charge in [-0.05, 0) is 34.6 Å². The molecule has 4 heteroatoms. The molecule has 0 atom stereocenters. The Morgan fingerprint density at radius 1 is 1.70 bits per heavy atom. The third kappa shape index (κ3) is 1.51. The molecule has 0 unspecified atom stereocenters. The van der Waals surface area contributed by atoms with Crippen molar-refractivity contribution >= 4 is 32.4 Å². The molecule has 0 amide bonds. The zero-order valence-electron chi connectivity index (χ0n) is 5.89. The molecule has 1 heterocycles. The zero-order valence-corrected chi connectivity index (χ0v) is 9.47. The molecule has 0 spiro atoms. The van der Waals surface area contributed by atoms with Gasteiger partial charge in [-0.15, -0.1) is 0 Å². The molecule has 2 nitrogen and oxygen atoms in total. The third-order valence-electron chi connectivity index (χ3n) is 1.37. The topological polar surface area (TPSA) is 22.0 Å². The summed E-state index contributed by atoms with van der Waals surface area (Å²) >= 11 is 4.09. The summed E-state index contributed by atoms with van der Waals surface area (Å²) in [4.78, 5) is 11.0. The van der Waals surface area contributed by atoms with Gasteiger partial charge in [0.15, 0.2) is 0 Å². The van der Waals surface area contributed by atoms with Crippen LogP contribution in [-0.4, -0.2) is 20.1 Å². The van der Waals surface area contributed by atoms with Crippen LogP contribution in [0, 0.1) is 6.92 Å². The molecule has 1 rings (SSSR count). The van der Waals surface area contributed by atoms with Crippen LogP contribution in [0.2, 0.25) is 0 Å². The first-order chi connectivity index (χ1) is 4.61. The zero-order chi connectivity index (χ0) is 7.72. The fourth-order valence-corrected chi connectivity index (χ4v) is 1.88. The molecule has 0 saturated heterocycles. The van der Waals surface area contributed by atoms with E-state index in [2.05, 4.69) is 15.9 Å². The number of aromatic nitrogens is 1. The van der Waals surface area contributed by atoms with Crippen molar-refractivity contribution in [1.82, 2.24) is 3.55 Å². The summed E-state index contributed by atoms with van der Waals surface area (Å²) in [6, 6.07) is 1.64. The number of rotatable bonds is 0. The van der Waals surface area contributed by atoms with Gasteiger partial charge in [0.2, 0.25) is 5.56 Å². The maximum atomic E-state index is 11.0. The Kier molecular flexibility index (Phi) is 2.35. The molecule has 0 saturated carbocycles. The van der Waals surface area contributed by atoms with Gasteiger partial charge >= 0.3 is 16.5 Å². The second-order valence-electron chi connectivity index (χ2n) is 2.25. The van der Waals surface area contributed by atoms with Crippen molar-refractivity contribution in [1.29, 1.82) is 0 Å². The second-order valence-corrected chi connectivity index (χ2v) is 4.07. The van der Waals surface area contributed by atoms with Gasteiger partial charge in [-0.3, -0.25) is 4.79 Å². The van der Waals surface area contributed by atoms with Crippen LogP contribution in [-0.2, 0) is 0 Å². The molecule has 10 heavy (non-hydrogen) atoms. The Morgan fingerprint density at radius 2 is 2.30 bits per heavy atom. The predicted octanol–water partition coefficient (Wildman–Crippen LogP) is 0.315. The number of nitrogens with zero attached hydrogens (tertiary/aromatic N) is 1. The Hall–Kier alpha value is -0.0375. The van der Waals surface area contributed by atoms with Crippen molar-refractivity contribution in [2.75, 3.05) is 0 Å². The van der Waals surface area contributed by atoms with E-state index < -0.39 is 0 Å². The van der Waals surface area contributed by atoms with Crippen LogP contribution in [0.3, 0.4) is 0 Å². The predicted molar refractivity (Wildman–Crippen MR) is 47.1 cm³/mol. The summed E-state index contributed by atoms with van der Waals surface area (Å²) in [5.74, 6) is 0. The number of pyridine rings is 1. The largest absolute Gasteiger partial charge is 0.415 e. The van der Waals surface area contributed by atoms with Crippen molar-refractivity contribution in [2.24, 2.45) is 0 Å². The standard InChI is InChI=1S/C6H6BrNO.Al.2H/c1-4-2-6(9)8-3-5(4)7;;;/h2-3H,1H3,(H,8,9);;;/q;+1;;/p-1. The monoisotopic (exact) mass is 215 g/mol. The van der Waals surface area contributed by atoms with Crippen molar-refractivity contribution in [3.8, 4) is 0 Å². The van der Waals surface area contributed by atoms with Crippen LogP contribution in [0.5, 0.6) is 0 Å². The lowest BCUT2D eigenvalue weighted by atomic mass is 10.3. The van der Waals surface area contributed by atoms with Gasteiger partial charge < -0.3 is 3.55 Å². The van der Waals surface area contributed by atoms with Crippen LogP contribution < -0.4 is 5.56 Å². The molecular weight excluding hydrogens is 209 g/mol. The maximum Gasteiger partial charge on any atom is 0.374 e. The number of hydrogen-bond acceptors (Lipinski definition) is 1. The molecule has 0 aliphatic carbocycles. The lowest BCUT2D eigenvalue weighted by Crippen LogP contribution is -2.16. The van der Waals surface area contributed by atoms with Gasteiger partial charge in [-0.2, -0.15) is 0 Å². The normalized spacial score (nSPS) is 9.80. The number of aryl methyl sites for hydroxylation is 1. The van der Waals surface area contributed by atoms with Crippen molar-refractivity contribution < 1.29 is 0 Å². The molecule has 1 aromatic rings. The average Bonchev–Trinajstić information content (AvgIpc) is 1.84. The van der Waals surface area contributed by atoms with E-state index in [1.54, 1.807) is 9.62 Å². The van der Waals surface area contributed by atoms with E-state index in [1.165, 1.54) is 0 Å². The fraction of sp³-hybridized carbons (Fsp3) is 0.167. The van der Waals surface area contributed by atoms with Crippen LogP contribution in [0.4, 0.5) is 0 Å². The molecule has 0 bridgehead atoms. The highest BCUT2D eigenvalue weighted by Crippen LogP contribution is 2.10. The lowest BCUT2D eigenvalue weighted by Gasteiger charge is -2.00. The van der Waals surface area contributed by atoms with Crippen molar-refractivity contribution in [3.63, 3.8) is 0 Å². The van der Waals surface area contributed by atoms with Crippen molar-refractivity contribution in [3.05, 3.63) is 32.7 Å². The Morgan fingerprint density at radius 3 is 2.80 bits per heavy atom. The first-order valence-corrected chi connectivity index (χ1v) is 4.63. The molecule has 0 aliphatic rings. The Labute approximate surface area is 75.6 Å². The average molecular weight is 216 g/mol. The second kappa shape index (κ2) is 2.91. The minimum Gasteiger partial charge on any atom is -0.415 e. The van der Waals surface area contributed by atoms with E-state index in [0.29, 0.717) is 0 Å². The first-order valence-electron chi connectivity index (χ1n) is 2.94. The Bertz CT molecular complexity index is 307. The highest BCUT2D eigenvalue weighted by molar-refractivity contribution is 9.10. The molecular formula is C6H7AlBrNO. The Balaban J connectivity index is 3.43. The van der Waals surface area contributed by atoms with Crippen LogP contribution in [0.25, 0.3) is 0 Å². The summed E-state index contributed by atoms with van der Waals surface area (Å²) in [6.45, 7) is 1.91. The molecule has 0 fully saturated rings. The minimum atomic E-state index is 0.0902. The molecule has 52 valence electrons. The highest BCUT2D eigenvalue weighted by Gasteiger charge is 1.95. The summed E-state index contributed by atoms with van der Waals surface area (Å²) in [6.07, 6.45) is 1.82. The molecule has 0 N–H and O–H groups in total. The van der Waals surface area contributed by atoms with E-state index in [0.717, 1.165) is 26.5 Å². The van der Waals surface area contributed by atoms with E-state index in [-0.39, 0.29) is 5.56 Å². The van der Waals surface area contributed by atoms with Gasteiger partial charge in [0.1, 0.15) is 0 Å². The van der Waals surface area contributed by atoms with Gasteiger partial charge in [-0.1, -0.05) is 0 Å². The van der Waals surface area contributed by atoms with Crippen LogP contribution in [0.15, 0.2) is 21.5 Å². The van der Waals surface area contributed by atoms with Gasteiger partial charge in [0, 0.05) is 10.5 Å². The van der Waals surface area contributed by atoms with Gasteiger partial charge in [-0.25, -0.2) is 0 Å². The van der Waals surface area contributed by atoms with Crippen molar-refractivity contribution in [2.45, 2.75) is 6.92 Å². The molecule has 1 aromatic heterocycles. The number of hydrogen-bond donors (Lipinski definition) is 0.